The minimum Gasteiger partial charge on any atom is -0.493 e. The average Bonchev–Trinajstić information content (AvgIpc) is 3.41. The maximum Gasteiger partial charge on any atom is 0.338 e. The van der Waals surface area contributed by atoms with Crippen molar-refractivity contribution in [3.63, 3.8) is 0 Å². The van der Waals surface area contributed by atoms with Gasteiger partial charge in [0.1, 0.15) is 0 Å². The first-order valence-electron chi connectivity index (χ1n) is 13.0. The van der Waals surface area contributed by atoms with E-state index in [1.165, 1.54) is 11.3 Å². The Morgan fingerprint density at radius 2 is 1.76 bits per heavy atom. The number of esters is 1. The summed E-state index contributed by atoms with van der Waals surface area (Å²) in [6.45, 7) is 7.82. The van der Waals surface area contributed by atoms with Gasteiger partial charge in [-0.05, 0) is 110 Å². The number of aryl methyl sites for hydroxylation is 1. The number of hydrogen-bond acceptors (Lipinski definition) is 7. The molecule has 0 fully saturated rings. The van der Waals surface area contributed by atoms with Crippen LogP contribution in [0.3, 0.4) is 0 Å². The summed E-state index contributed by atoms with van der Waals surface area (Å²) < 4.78 is 21.8. The minimum absolute atomic E-state index is 0.203. The molecule has 1 aliphatic rings. The van der Waals surface area contributed by atoms with Gasteiger partial charge in [0.05, 0.1) is 42.7 Å². The number of ether oxygens (including phenoxy) is 3. The third kappa shape index (κ3) is 5.26. The van der Waals surface area contributed by atoms with Gasteiger partial charge in [-0.15, -0.1) is 0 Å². The lowest BCUT2D eigenvalue weighted by Crippen LogP contribution is -2.40. The third-order valence-corrected chi connectivity index (χ3v) is 8.78. The lowest BCUT2D eigenvalue weighted by molar-refractivity contribution is -0.139. The Hall–Kier alpha value is -3.64. The first-order chi connectivity index (χ1) is 19.7. The van der Waals surface area contributed by atoms with Gasteiger partial charge < -0.3 is 18.8 Å². The summed E-state index contributed by atoms with van der Waals surface area (Å²) in [6.07, 6.45) is 1.91. The number of thiazole rings is 1. The second kappa shape index (κ2) is 11.7. The number of carbonyl (C=O) groups is 1. The van der Waals surface area contributed by atoms with Crippen LogP contribution in [0.4, 0.5) is 0 Å². The number of rotatable bonds is 7. The number of hydrogen-bond donors (Lipinski definition) is 0. The van der Waals surface area contributed by atoms with Gasteiger partial charge >= 0.3 is 5.97 Å². The molecule has 3 heterocycles. The van der Waals surface area contributed by atoms with Crippen LogP contribution >= 0.6 is 33.9 Å². The molecule has 4 aromatic rings. The Kier molecular flexibility index (Phi) is 8.23. The van der Waals surface area contributed by atoms with Crippen LogP contribution in [0.15, 0.2) is 69.6 Å². The molecular weight excluding hydrogens is 653 g/mol. The summed E-state index contributed by atoms with van der Waals surface area (Å²) in [4.78, 5) is 32.5. The SMILES string of the molecule is CCOC(=O)C1=C(C)N=c2s/c(=C/c3cc(C)n(-c4ccc(I)cc4)c3C)c(=O)n2[C@@H]1c1ccc(OC)c(OC)c1. The van der Waals surface area contributed by atoms with Crippen molar-refractivity contribution in [3.05, 3.63) is 106 Å². The van der Waals surface area contributed by atoms with E-state index < -0.39 is 12.0 Å². The molecular formula is C31H30IN3O5S. The molecule has 212 valence electrons. The van der Waals surface area contributed by atoms with Crippen LogP contribution in [0, 0.1) is 17.4 Å². The van der Waals surface area contributed by atoms with Crippen LogP contribution < -0.4 is 24.4 Å². The quantitative estimate of drug-likeness (QED) is 0.206. The van der Waals surface area contributed by atoms with E-state index >= 15 is 0 Å². The van der Waals surface area contributed by atoms with Crippen molar-refractivity contribution in [2.24, 2.45) is 4.99 Å². The predicted molar refractivity (Wildman–Crippen MR) is 168 cm³/mol. The Balaban J connectivity index is 1.70. The summed E-state index contributed by atoms with van der Waals surface area (Å²) >= 11 is 3.59. The maximum absolute atomic E-state index is 14.1. The maximum atomic E-state index is 14.1. The molecule has 0 bridgehead atoms. The molecule has 0 amide bonds. The first kappa shape index (κ1) is 28.9. The summed E-state index contributed by atoms with van der Waals surface area (Å²) in [5.74, 6) is 0.530. The van der Waals surface area contributed by atoms with Crippen molar-refractivity contribution in [2.75, 3.05) is 20.8 Å². The largest absolute Gasteiger partial charge is 0.493 e. The number of carbonyl (C=O) groups excluding carboxylic acids is 1. The molecule has 0 radical (unpaired) electrons. The van der Waals surface area contributed by atoms with E-state index in [0.717, 1.165) is 26.2 Å². The van der Waals surface area contributed by atoms with Crippen molar-refractivity contribution >= 4 is 46.0 Å². The molecule has 1 atom stereocenters. The Bertz CT molecular complexity index is 1860. The van der Waals surface area contributed by atoms with E-state index in [1.807, 2.05) is 19.1 Å². The van der Waals surface area contributed by atoms with E-state index in [0.29, 0.717) is 37.7 Å². The van der Waals surface area contributed by atoms with E-state index in [-0.39, 0.29) is 12.2 Å². The second-order valence-electron chi connectivity index (χ2n) is 9.55. The molecule has 0 unspecified atom stereocenters. The normalized spacial score (nSPS) is 15.0. The third-order valence-electron chi connectivity index (χ3n) is 7.08. The summed E-state index contributed by atoms with van der Waals surface area (Å²) in [5, 5.41) is 0. The number of benzene rings is 2. The first-order valence-corrected chi connectivity index (χ1v) is 14.9. The molecule has 0 N–H and O–H groups in total. The highest BCUT2D eigenvalue weighted by Crippen LogP contribution is 2.36. The Labute approximate surface area is 255 Å². The van der Waals surface area contributed by atoms with E-state index in [2.05, 4.69) is 69.4 Å². The standard InChI is InChI=1S/C31H30IN3O5S/c1-7-40-30(37)27-18(3)33-31-35(28(27)20-8-13-24(38-5)25(15-20)39-6)29(36)26(41-31)16-21-14-17(2)34(19(21)4)23-11-9-22(32)10-12-23/h8-16,28H,7H2,1-6H3/b26-16+/t28-/m1/s1. The van der Waals surface area contributed by atoms with Crippen LogP contribution in [0.25, 0.3) is 11.8 Å². The topological polar surface area (TPSA) is 84.1 Å². The molecule has 5 rings (SSSR count). The van der Waals surface area contributed by atoms with Crippen molar-refractivity contribution in [1.82, 2.24) is 9.13 Å². The molecule has 0 saturated carbocycles. The highest BCUT2D eigenvalue weighted by molar-refractivity contribution is 14.1. The van der Waals surface area contributed by atoms with Gasteiger partial charge in [0, 0.05) is 20.6 Å². The van der Waals surface area contributed by atoms with Crippen LogP contribution in [0.1, 0.15) is 42.4 Å². The molecule has 0 spiro atoms. The number of aromatic nitrogens is 2. The van der Waals surface area contributed by atoms with Gasteiger partial charge in [-0.25, -0.2) is 9.79 Å². The Morgan fingerprint density at radius 1 is 1.05 bits per heavy atom. The minimum atomic E-state index is -0.744. The fourth-order valence-corrected chi connectivity index (χ4v) is 6.59. The fourth-order valence-electron chi connectivity index (χ4n) is 5.19. The van der Waals surface area contributed by atoms with Gasteiger partial charge in [0.25, 0.3) is 5.56 Å². The molecule has 2 aromatic carbocycles. The van der Waals surface area contributed by atoms with Crippen LogP contribution in [0.2, 0.25) is 0 Å². The van der Waals surface area contributed by atoms with E-state index in [9.17, 15) is 9.59 Å². The predicted octanol–water partition coefficient (Wildman–Crippen LogP) is 4.83. The van der Waals surface area contributed by atoms with Crippen molar-refractivity contribution in [3.8, 4) is 17.2 Å². The summed E-state index contributed by atoms with van der Waals surface area (Å²) in [6, 6.07) is 15.0. The summed E-state index contributed by atoms with van der Waals surface area (Å²) in [5.41, 5.74) is 5.36. The molecule has 41 heavy (non-hydrogen) atoms. The lowest BCUT2D eigenvalue weighted by Gasteiger charge is -2.25. The second-order valence-corrected chi connectivity index (χ2v) is 11.8. The molecule has 0 saturated heterocycles. The zero-order valence-electron chi connectivity index (χ0n) is 23.6. The Morgan fingerprint density at radius 3 is 2.41 bits per heavy atom. The van der Waals surface area contributed by atoms with Gasteiger partial charge in [-0.3, -0.25) is 9.36 Å². The highest BCUT2D eigenvalue weighted by Gasteiger charge is 2.34. The van der Waals surface area contributed by atoms with Crippen molar-refractivity contribution in [2.45, 2.75) is 33.7 Å². The number of nitrogens with zero attached hydrogens (tertiary/aromatic N) is 3. The number of methoxy groups -OCH3 is 2. The van der Waals surface area contributed by atoms with Crippen LogP contribution in [0.5, 0.6) is 11.5 Å². The van der Waals surface area contributed by atoms with Crippen molar-refractivity contribution < 1.29 is 19.0 Å². The van der Waals surface area contributed by atoms with Crippen LogP contribution in [-0.2, 0) is 9.53 Å². The molecule has 8 nitrogen and oxygen atoms in total. The molecule has 0 aliphatic carbocycles. The number of allylic oxidation sites excluding steroid dienone is 1. The molecule has 10 heteroatoms. The van der Waals surface area contributed by atoms with Crippen molar-refractivity contribution in [1.29, 1.82) is 0 Å². The van der Waals surface area contributed by atoms with Crippen LogP contribution in [-0.4, -0.2) is 35.9 Å². The zero-order chi connectivity index (χ0) is 29.4. The number of halogens is 1. The van der Waals surface area contributed by atoms with E-state index in [4.69, 9.17) is 14.2 Å². The smallest absolute Gasteiger partial charge is 0.338 e. The lowest BCUT2D eigenvalue weighted by atomic mass is 9.95. The van der Waals surface area contributed by atoms with E-state index in [1.54, 1.807) is 44.8 Å². The van der Waals surface area contributed by atoms with Gasteiger partial charge in [-0.1, -0.05) is 17.4 Å². The molecule has 2 aromatic heterocycles. The van der Waals surface area contributed by atoms with Gasteiger partial charge in [0.2, 0.25) is 0 Å². The monoisotopic (exact) mass is 683 g/mol. The van der Waals surface area contributed by atoms with Gasteiger partial charge in [-0.2, -0.15) is 0 Å². The molecule has 1 aliphatic heterocycles. The highest BCUT2D eigenvalue weighted by atomic mass is 127. The van der Waals surface area contributed by atoms with Gasteiger partial charge in [0.15, 0.2) is 16.3 Å². The number of fused-ring (bicyclic) bond motifs is 1. The average molecular weight is 684 g/mol. The summed E-state index contributed by atoms with van der Waals surface area (Å²) in [7, 11) is 3.11. The zero-order valence-corrected chi connectivity index (χ0v) is 26.6. The fraction of sp³-hybridized carbons (Fsp3) is 0.258.